The number of likely N-dealkylation sites (tertiary alicyclic amines) is 1. The predicted molar refractivity (Wildman–Crippen MR) is 99.5 cm³/mol. The van der Waals surface area contributed by atoms with Crippen LogP contribution < -0.4 is 0 Å². The average molecular weight is 361 g/mol. The normalized spacial score (nSPS) is 21.0. The Bertz CT molecular complexity index is 631. The lowest BCUT2D eigenvalue weighted by Gasteiger charge is -2.42. The zero-order chi connectivity index (χ0) is 18.9. The third-order valence-corrected chi connectivity index (χ3v) is 5.69. The summed E-state index contributed by atoms with van der Waals surface area (Å²) in [6, 6.07) is 1.78. The number of amides is 3. The van der Waals surface area contributed by atoms with Crippen LogP contribution in [0.5, 0.6) is 0 Å². The number of imide groups is 1. The molecule has 6 heteroatoms. The Kier molecular flexibility index (Phi) is 5.42. The smallest absolute Gasteiger partial charge is 0.327 e. The van der Waals surface area contributed by atoms with Crippen molar-refractivity contribution in [2.45, 2.75) is 65.1 Å². The van der Waals surface area contributed by atoms with Gasteiger partial charge in [0.05, 0.1) is 12.5 Å². The van der Waals surface area contributed by atoms with E-state index in [-0.39, 0.29) is 18.0 Å². The van der Waals surface area contributed by atoms with Crippen LogP contribution in [0.3, 0.4) is 0 Å². The van der Waals surface area contributed by atoms with E-state index in [1.165, 1.54) is 4.90 Å². The van der Waals surface area contributed by atoms with Crippen LogP contribution in [0.4, 0.5) is 4.79 Å². The molecule has 0 radical (unpaired) electrons. The number of hydrogen-bond donors (Lipinski definition) is 0. The van der Waals surface area contributed by atoms with E-state index < -0.39 is 5.54 Å². The van der Waals surface area contributed by atoms with Gasteiger partial charge in [-0.1, -0.05) is 13.8 Å². The third-order valence-electron chi connectivity index (χ3n) is 5.69. The van der Waals surface area contributed by atoms with Gasteiger partial charge >= 0.3 is 6.03 Å². The maximum atomic E-state index is 13.2. The van der Waals surface area contributed by atoms with E-state index in [1.54, 1.807) is 12.5 Å². The molecule has 3 amide bonds. The van der Waals surface area contributed by atoms with Crippen molar-refractivity contribution in [1.29, 1.82) is 0 Å². The summed E-state index contributed by atoms with van der Waals surface area (Å²) >= 11 is 0. The first-order valence-corrected chi connectivity index (χ1v) is 9.74. The van der Waals surface area contributed by atoms with E-state index in [2.05, 4.69) is 18.7 Å². The van der Waals surface area contributed by atoms with Gasteiger partial charge in [0.15, 0.2) is 0 Å². The fourth-order valence-corrected chi connectivity index (χ4v) is 4.10. The average Bonchev–Trinajstić information content (AvgIpc) is 3.14. The molecule has 0 aromatic carbocycles. The second-order valence-electron chi connectivity index (χ2n) is 8.32. The molecule has 6 nitrogen and oxygen atoms in total. The Morgan fingerprint density at radius 3 is 2.38 bits per heavy atom. The Balaban J connectivity index is 1.76. The lowest BCUT2D eigenvalue weighted by molar-refractivity contribution is -0.136. The summed E-state index contributed by atoms with van der Waals surface area (Å²) in [5, 5.41) is 0. The van der Waals surface area contributed by atoms with Crippen molar-refractivity contribution in [3.05, 3.63) is 24.2 Å². The summed E-state index contributed by atoms with van der Waals surface area (Å²) in [6.07, 6.45) is 5.79. The molecule has 26 heavy (non-hydrogen) atoms. The van der Waals surface area contributed by atoms with Gasteiger partial charge in [0.1, 0.15) is 5.54 Å². The summed E-state index contributed by atoms with van der Waals surface area (Å²) in [4.78, 5) is 31.9. The molecule has 2 aliphatic heterocycles. The monoisotopic (exact) mass is 361 g/mol. The number of piperidine rings is 1. The first-order valence-electron chi connectivity index (χ1n) is 9.74. The highest BCUT2D eigenvalue weighted by molar-refractivity contribution is 6.07. The molecule has 0 unspecified atom stereocenters. The molecule has 0 saturated carbocycles. The zero-order valence-corrected chi connectivity index (χ0v) is 16.4. The molecule has 2 aliphatic rings. The highest BCUT2D eigenvalue weighted by atomic mass is 16.3. The summed E-state index contributed by atoms with van der Waals surface area (Å²) in [5.74, 6) is 0.508. The number of rotatable bonds is 6. The third kappa shape index (κ3) is 3.39. The summed E-state index contributed by atoms with van der Waals surface area (Å²) in [7, 11) is 0. The van der Waals surface area contributed by atoms with Gasteiger partial charge in [-0.15, -0.1) is 0 Å². The second-order valence-corrected chi connectivity index (χ2v) is 8.32. The topological polar surface area (TPSA) is 57.0 Å². The molecule has 2 saturated heterocycles. The molecule has 0 bridgehead atoms. The molecule has 1 aromatic rings. The molecule has 3 heterocycles. The molecular weight excluding hydrogens is 330 g/mol. The highest BCUT2D eigenvalue weighted by Gasteiger charge is 2.58. The molecule has 144 valence electrons. The standard InChI is InChI=1S/C20H31N3O3/c1-15(2)5-9-22-19(25)23(16(3)4)18(24)20(22)7-10-21(11-8-20)13-17-6-12-26-14-17/h6,12,14-16H,5,7-11,13H2,1-4H3. The van der Waals surface area contributed by atoms with Crippen LogP contribution in [0.25, 0.3) is 0 Å². The van der Waals surface area contributed by atoms with Crippen molar-refractivity contribution in [3.63, 3.8) is 0 Å². The molecule has 1 aromatic heterocycles. The van der Waals surface area contributed by atoms with Gasteiger partial charge in [-0.3, -0.25) is 14.6 Å². The van der Waals surface area contributed by atoms with Crippen molar-refractivity contribution in [3.8, 4) is 0 Å². The van der Waals surface area contributed by atoms with Gasteiger partial charge in [-0.2, -0.15) is 0 Å². The Morgan fingerprint density at radius 1 is 1.15 bits per heavy atom. The van der Waals surface area contributed by atoms with E-state index in [4.69, 9.17) is 4.42 Å². The maximum absolute atomic E-state index is 13.2. The number of carbonyl (C=O) groups excluding carboxylic acids is 2. The van der Waals surface area contributed by atoms with Crippen LogP contribution in [0.15, 0.2) is 23.0 Å². The molecule has 0 N–H and O–H groups in total. The van der Waals surface area contributed by atoms with Crippen LogP contribution in [0, 0.1) is 5.92 Å². The van der Waals surface area contributed by atoms with Crippen molar-refractivity contribution in [1.82, 2.24) is 14.7 Å². The number of furan rings is 1. The lowest BCUT2D eigenvalue weighted by Crippen LogP contribution is -2.56. The van der Waals surface area contributed by atoms with Crippen LogP contribution in [-0.2, 0) is 11.3 Å². The van der Waals surface area contributed by atoms with Gasteiger partial charge in [0, 0.05) is 37.8 Å². The molecule has 0 aliphatic carbocycles. The first-order chi connectivity index (χ1) is 12.3. The quantitative estimate of drug-likeness (QED) is 0.729. The van der Waals surface area contributed by atoms with Gasteiger partial charge in [0.25, 0.3) is 5.91 Å². The van der Waals surface area contributed by atoms with E-state index in [0.29, 0.717) is 25.3 Å². The van der Waals surface area contributed by atoms with Crippen molar-refractivity contribution in [2.24, 2.45) is 5.92 Å². The summed E-state index contributed by atoms with van der Waals surface area (Å²) in [5.41, 5.74) is 0.499. The summed E-state index contributed by atoms with van der Waals surface area (Å²) in [6.45, 7) is 11.3. The molecule has 0 atom stereocenters. The van der Waals surface area contributed by atoms with Gasteiger partial charge in [0.2, 0.25) is 0 Å². The Hall–Kier alpha value is -1.82. The van der Waals surface area contributed by atoms with Crippen molar-refractivity contribution < 1.29 is 14.0 Å². The van der Waals surface area contributed by atoms with E-state index in [0.717, 1.165) is 31.6 Å². The number of urea groups is 1. The maximum Gasteiger partial charge on any atom is 0.327 e. The predicted octanol–water partition coefficient (Wildman–Crippen LogP) is 3.33. The zero-order valence-electron chi connectivity index (χ0n) is 16.4. The van der Waals surface area contributed by atoms with Gasteiger partial charge in [-0.25, -0.2) is 4.79 Å². The largest absolute Gasteiger partial charge is 0.472 e. The number of nitrogens with zero attached hydrogens (tertiary/aromatic N) is 3. The fraction of sp³-hybridized carbons (Fsp3) is 0.700. The van der Waals surface area contributed by atoms with Crippen LogP contribution in [0.1, 0.15) is 52.5 Å². The number of hydrogen-bond acceptors (Lipinski definition) is 4. The van der Waals surface area contributed by atoms with Gasteiger partial charge in [-0.05, 0) is 45.1 Å². The molecular formula is C20H31N3O3. The van der Waals surface area contributed by atoms with Crippen LogP contribution in [0.2, 0.25) is 0 Å². The Morgan fingerprint density at radius 2 is 1.85 bits per heavy atom. The summed E-state index contributed by atoms with van der Waals surface area (Å²) < 4.78 is 5.15. The fourth-order valence-electron chi connectivity index (χ4n) is 4.10. The van der Waals surface area contributed by atoms with E-state index in [9.17, 15) is 9.59 Å². The lowest BCUT2D eigenvalue weighted by atomic mass is 9.85. The first kappa shape index (κ1) is 19.0. The SMILES string of the molecule is CC(C)CCN1C(=O)N(C(C)C)C(=O)C12CCN(Cc1ccoc1)CC2. The van der Waals surface area contributed by atoms with Crippen LogP contribution >= 0.6 is 0 Å². The number of carbonyl (C=O) groups is 2. The van der Waals surface area contributed by atoms with E-state index in [1.807, 2.05) is 24.8 Å². The minimum atomic E-state index is -0.650. The van der Waals surface area contributed by atoms with E-state index >= 15 is 0 Å². The second kappa shape index (κ2) is 7.43. The van der Waals surface area contributed by atoms with Crippen LogP contribution in [-0.4, -0.2) is 57.9 Å². The minimum Gasteiger partial charge on any atom is -0.472 e. The minimum absolute atomic E-state index is 0.00390. The molecule has 2 fully saturated rings. The van der Waals surface area contributed by atoms with Crippen molar-refractivity contribution >= 4 is 11.9 Å². The molecule has 3 rings (SSSR count). The molecule has 1 spiro atoms. The van der Waals surface area contributed by atoms with Crippen molar-refractivity contribution in [2.75, 3.05) is 19.6 Å². The highest BCUT2D eigenvalue weighted by Crippen LogP contribution is 2.38. The Labute approximate surface area is 156 Å². The van der Waals surface area contributed by atoms with Gasteiger partial charge < -0.3 is 9.32 Å².